The molecule has 0 saturated carbocycles. The quantitative estimate of drug-likeness (QED) is 0.121. The summed E-state index contributed by atoms with van der Waals surface area (Å²) < 4.78 is 4.74. The Balaban J connectivity index is 1.12. The molecule has 4 heterocycles. The van der Waals surface area contributed by atoms with Crippen molar-refractivity contribution < 1.29 is 34.1 Å². The van der Waals surface area contributed by atoms with Crippen molar-refractivity contribution in [3.63, 3.8) is 0 Å². The van der Waals surface area contributed by atoms with Crippen LogP contribution in [0.25, 0.3) is 33.6 Å². The monoisotopic (exact) mass is 740 g/mol. The Morgan fingerprint density at radius 1 is 0.741 bits per heavy atom. The van der Waals surface area contributed by atoms with Crippen LogP contribution in [0.2, 0.25) is 0 Å². The van der Waals surface area contributed by atoms with Gasteiger partial charge < -0.3 is 45.4 Å². The third-order valence-corrected chi connectivity index (χ3v) is 10.3. The van der Waals surface area contributed by atoms with E-state index < -0.39 is 42.3 Å². The number of amides is 4. The van der Waals surface area contributed by atoms with Gasteiger partial charge in [0.1, 0.15) is 29.8 Å². The molecule has 4 amide bonds. The zero-order valence-electron chi connectivity index (χ0n) is 31.1. The number of aliphatic hydroxyl groups is 1. The van der Waals surface area contributed by atoms with Crippen LogP contribution in [0.1, 0.15) is 70.7 Å². The summed E-state index contributed by atoms with van der Waals surface area (Å²) in [7, 11) is 1.28. The highest BCUT2D eigenvalue weighted by Crippen LogP contribution is 2.35. The Labute approximate surface area is 313 Å². The normalized spacial score (nSPS) is 19.6. The Hall–Kier alpha value is -5.70. The first kappa shape index (κ1) is 38.0. The summed E-state index contributed by atoms with van der Waals surface area (Å²) in [6.45, 7) is 8.19. The molecule has 2 aromatic carbocycles. The van der Waals surface area contributed by atoms with Gasteiger partial charge in [0, 0.05) is 36.6 Å². The first-order chi connectivity index (χ1) is 25.9. The Morgan fingerprint density at radius 2 is 1.24 bits per heavy atom. The van der Waals surface area contributed by atoms with E-state index in [0.29, 0.717) is 30.3 Å². The van der Waals surface area contributed by atoms with Crippen molar-refractivity contribution in [3.8, 4) is 33.6 Å². The number of carbonyl (C=O) groups excluding carboxylic acids is 3. The SMILES string of the molecule is COC(=O)N[C@H](C(=O)N1CCC[C@H]1c1nc(-c2ccc(-c3ccc(-c4c[nH]c([C@@H]5C(O)CCN5C(=O)[C@@H](NC(=O)O)C(C)C)n4)cc3)cc2)c[nH]1)C(C)C. The summed E-state index contributed by atoms with van der Waals surface area (Å²) in [6.07, 6.45) is 2.79. The van der Waals surface area contributed by atoms with Crippen LogP contribution < -0.4 is 10.6 Å². The molecule has 15 nitrogen and oxygen atoms in total. The molecule has 2 aliphatic rings. The molecule has 6 rings (SSSR count). The van der Waals surface area contributed by atoms with Crippen molar-refractivity contribution in [1.29, 1.82) is 0 Å². The van der Waals surface area contributed by atoms with Gasteiger partial charge in [-0.15, -0.1) is 0 Å². The number of nitrogens with zero attached hydrogens (tertiary/aromatic N) is 4. The summed E-state index contributed by atoms with van der Waals surface area (Å²) in [6, 6.07) is 13.4. The molecule has 4 aromatic rings. The number of hydrogen-bond acceptors (Lipinski definition) is 8. The molecule has 0 spiro atoms. The summed E-state index contributed by atoms with van der Waals surface area (Å²) in [4.78, 5) is 69.5. The lowest BCUT2D eigenvalue weighted by atomic mass is 10.0. The number of ether oxygens (including phenoxy) is 1. The van der Waals surface area contributed by atoms with Crippen molar-refractivity contribution in [2.24, 2.45) is 11.8 Å². The molecule has 54 heavy (non-hydrogen) atoms. The number of nitrogens with one attached hydrogen (secondary N) is 4. The second kappa shape index (κ2) is 16.1. The Morgan fingerprint density at radius 3 is 1.78 bits per heavy atom. The molecule has 2 fully saturated rings. The largest absolute Gasteiger partial charge is 0.465 e. The molecule has 0 aliphatic carbocycles. The summed E-state index contributed by atoms with van der Waals surface area (Å²) in [5, 5.41) is 25.1. The molecule has 0 radical (unpaired) electrons. The predicted molar refractivity (Wildman–Crippen MR) is 200 cm³/mol. The van der Waals surface area contributed by atoms with Gasteiger partial charge in [-0.2, -0.15) is 0 Å². The van der Waals surface area contributed by atoms with Crippen LogP contribution in [0.5, 0.6) is 0 Å². The van der Waals surface area contributed by atoms with E-state index in [4.69, 9.17) is 14.7 Å². The van der Waals surface area contributed by atoms with Crippen LogP contribution in [0, 0.1) is 11.8 Å². The lowest BCUT2D eigenvalue weighted by Gasteiger charge is -2.30. The van der Waals surface area contributed by atoms with E-state index in [1.807, 2.05) is 68.6 Å². The average molecular weight is 741 g/mol. The molecule has 2 aliphatic heterocycles. The van der Waals surface area contributed by atoms with Gasteiger partial charge in [0.25, 0.3) is 0 Å². The standard InChI is InChI=1S/C39H48N8O7/c1-21(2)31(44-38(51)52)37(50)47-18-16-30(48)33(47)35-41-20-28(43-35)26-14-10-24(11-15-26)23-8-12-25(13-9-23)27-19-40-34(42-27)29-7-6-17-46(29)36(49)32(22(3)4)45-39(53)54-5/h8-15,19-22,29-33,44,48H,6-7,16-18H2,1-5H3,(H,40,42)(H,41,43)(H,45,53)(H,51,52)/t29-,30?,31-,32-,33-/m0/s1. The second-order valence-electron chi connectivity index (χ2n) is 14.5. The molecule has 0 bridgehead atoms. The molecule has 286 valence electrons. The lowest BCUT2D eigenvalue weighted by molar-refractivity contribution is -0.136. The number of imidazole rings is 2. The maximum atomic E-state index is 13.5. The van der Waals surface area contributed by atoms with Crippen LogP contribution in [0.15, 0.2) is 60.9 Å². The minimum atomic E-state index is -1.28. The number of aliphatic hydroxyl groups excluding tert-OH is 1. The Kier molecular flexibility index (Phi) is 11.4. The molecule has 1 unspecified atom stereocenters. The molecule has 2 aromatic heterocycles. The number of aromatic amines is 2. The molecule has 15 heteroatoms. The minimum absolute atomic E-state index is 0.116. The third-order valence-electron chi connectivity index (χ3n) is 10.3. The number of hydrogen-bond donors (Lipinski definition) is 6. The number of alkyl carbamates (subject to hydrolysis) is 1. The maximum absolute atomic E-state index is 13.5. The topological polar surface area (TPSA) is 206 Å². The van der Waals surface area contributed by atoms with Crippen LogP contribution >= 0.6 is 0 Å². The Bertz CT molecular complexity index is 1960. The fourth-order valence-corrected chi connectivity index (χ4v) is 7.33. The van der Waals surface area contributed by atoms with Gasteiger partial charge in [-0.3, -0.25) is 9.59 Å². The minimum Gasteiger partial charge on any atom is -0.465 e. The van der Waals surface area contributed by atoms with E-state index in [1.54, 1.807) is 24.9 Å². The number of carboxylic acid groups (broad SMARTS) is 1. The van der Waals surface area contributed by atoms with Gasteiger partial charge in [0.15, 0.2) is 0 Å². The average Bonchev–Trinajstić information content (AvgIpc) is 3.99. The number of likely N-dealkylation sites (tertiary alicyclic amines) is 2. The first-order valence-corrected chi connectivity index (χ1v) is 18.3. The lowest BCUT2D eigenvalue weighted by Crippen LogP contribution is -2.51. The van der Waals surface area contributed by atoms with Crippen molar-refractivity contribution in [2.75, 3.05) is 20.2 Å². The zero-order valence-corrected chi connectivity index (χ0v) is 31.1. The van der Waals surface area contributed by atoms with Gasteiger partial charge in [0.05, 0.1) is 30.6 Å². The van der Waals surface area contributed by atoms with Gasteiger partial charge >= 0.3 is 12.2 Å². The van der Waals surface area contributed by atoms with E-state index in [-0.39, 0.29) is 30.3 Å². The van der Waals surface area contributed by atoms with E-state index >= 15 is 0 Å². The van der Waals surface area contributed by atoms with E-state index in [1.165, 1.54) is 12.0 Å². The van der Waals surface area contributed by atoms with E-state index in [9.17, 15) is 29.4 Å². The number of aromatic nitrogens is 4. The van der Waals surface area contributed by atoms with Crippen molar-refractivity contribution in [1.82, 2.24) is 40.4 Å². The summed E-state index contributed by atoms with van der Waals surface area (Å²) in [5.74, 6) is 0.195. The van der Waals surface area contributed by atoms with E-state index in [0.717, 1.165) is 40.8 Å². The number of rotatable bonds is 11. The molecular weight excluding hydrogens is 692 g/mol. The van der Waals surface area contributed by atoms with Crippen LogP contribution in [-0.4, -0.2) is 102 Å². The highest BCUT2D eigenvalue weighted by atomic mass is 16.5. The third kappa shape index (κ3) is 7.95. The number of H-pyrrole nitrogens is 2. The maximum Gasteiger partial charge on any atom is 0.407 e. The highest BCUT2D eigenvalue weighted by molar-refractivity contribution is 5.87. The second-order valence-corrected chi connectivity index (χ2v) is 14.5. The molecule has 2 saturated heterocycles. The molecule has 6 N–H and O–H groups in total. The van der Waals surface area contributed by atoms with Crippen molar-refractivity contribution in [3.05, 3.63) is 72.6 Å². The summed E-state index contributed by atoms with van der Waals surface area (Å²) >= 11 is 0. The molecule has 5 atom stereocenters. The number of carbonyl (C=O) groups is 4. The fourth-order valence-electron chi connectivity index (χ4n) is 7.33. The van der Waals surface area contributed by atoms with Gasteiger partial charge in [-0.05, 0) is 42.2 Å². The first-order valence-electron chi connectivity index (χ1n) is 18.3. The van der Waals surface area contributed by atoms with Gasteiger partial charge in [0.2, 0.25) is 11.8 Å². The number of methoxy groups -OCH3 is 1. The predicted octanol–water partition coefficient (Wildman–Crippen LogP) is 5.10. The highest BCUT2D eigenvalue weighted by Gasteiger charge is 2.42. The van der Waals surface area contributed by atoms with Crippen molar-refractivity contribution in [2.45, 2.75) is 77.2 Å². The smallest absolute Gasteiger partial charge is 0.407 e. The van der Waals surface area contributed by atoms with Crippen LogP contribution in [0.3, 0.4) is 0 Å². The number of benzene rings is 2. The van der Waals surface area contributed by atoms with E-state index in [2.05, 4.69) is 20.6 Å². The van der Waals surface area contributed by atoms with Crippen molar-refractivity contribution >= 4 is 24.0 Å². The summed E-state index contributed by atoms with van der Waals surface area (Å²) in [5.41, 5.74) is 5.19. The van der Waals surface area contributed by atoms with Crippen LogP contribution in [0.4, 0.5) is 9.59 Å². The van der Waals surface area contributed by atoms with Gasteiger partial charge in [-0.25, -0.2) is 19.6 Å². The zero-order chi connectivity index (χ0) is 38.7. The van der Waals surface area contributed by atoms with Crippen LogP contribution in [-0.2, 0) is 14.3 Å². The fraction of sp³-hybridized carbons (Fsp3) is 0.436. The van der Waals surface area contributed by atoms with Gasteiger partial charge in [-0.1, -0.05) is 76.2 Å². The molecular formula is C39H48N8O7.